The molecule has 84 valence electrons. The molecule has 3 nitrogen and oxygen atoms in total. The van der Waals surface area contributed by atoms with Crippen LogP contribution < -0.4 is 0 Å². The highest BCUT2D eigenvalue weighted by Crippen LogP contribution is 2.27. The van der Waals surface area contributed by atoms with Crippen LogP contribution in [0.1, 0.15) is 25.5 Å². The number of hydrogen-bond acceptors (Lipinski definition) is 2. The van der Waals surface area contributed by atoms with Gasteiger partial charge in [0.1, 0.15) is 0 Å². The van der Waals surface area contributed by atoms with Crippen LogP contribution in [0.2, 0.25) is 5.02 Å². The lowest BCUT2D eigenvalue weighted by atomic mass is 10.2. The molecule has 16 heavy (non-hydrogen) atoms. The molecule has 0 saturated carbocycles. The Hall–Kier alpha value is -1.06. The first-order chi connectivity index (χ1) is 7.84. The normalized spacial score (nSPS) is 21.4. The molecular formula is C12H13ClN2O. The fraction of sp³-hybridized carbons (Fsp3) is 0.417. The number of halogens is 1. The molecule has 4 heteroatoms. The summed E-state index contributed by atoms with van der Waals surface area (Å²) in [6.45, 7) is 0.833. The van der Waals surface area contributed by atoms with E-state index in [0.717, 1.165) is 35.4 Å². The molecule has 1 saturated heterocycles. The maximum atomic E-state index is 5.95. The third kappa shape index (κ3) is 1.70. The number of nitrogens with zero attached hydrogens (tertiary/aromatic N) is 2. The molecule has 1 aliphatic rings. The van der Waals surface area contributed by atoms with Crippen molar-refractivity contribution in [3.63, 3.8) is 0 Å². The van der Waals surface area contributed by atoms with Crippen LogP contribution in [-0.4, -0.2) is 16.4 Å². The maximum absolute atomic E-state index is 5.95. The van der Waals surface area contributed by atoms with Gasteiger partial charge < -0.3 is 4.74 Å². The topological polar surface area (TPSA) is 27.1 Å². The maximum Gasteiger partial charge on any atom is 0.150 e. The van der Waals surface area contributed by atoms with Gasteiger partial charge in [0.05, 0.1) is 11.7 Å². The molecule has 2 aromatic rings. The van der Waals surface area contributed by atoms with E-state index in [9.17, 15) is 0 Å². The van der Waals surface area contributed by atoms with Crippen LogP contribution in [-0.2, 0) is 4.74 Å². The molecule has 1 aromatic heterocycles. The molecule has 3 rings (SSSR count). The summed E-state index contributed by atoms with van der Waals surface area (Å²) in [7, 11) is 0. The van der Waals surface area contributed by atoms with Gasteiger partial charge in [-0.05, 0) is 37.5 Å². The van der Waals surface area contributed by atoms with E-state index in [4.69, 9.17) is 16.3 Å². The summed E-state index contributed by atoms with van der Waals surface area (Å²) < 4.78 is 7.69. The Kier molecular flexibility index (Phi) is 2.58. The van der Waals surface area contributed by atoms with Crippen molar-refractivity contribution in [2.45, 2.75) is 25.5 Å². The number of ether oxygens (including phenoxy) is 1. The fourth-order valence-corrected chi connectivity index (χ4v) is 2.35. The number of aromatic nitrogens is 2. The van der Waals surface area contributed by atoms with E-state index in [-0.39, 0.29) is 6.23 Å². The highest BCUT2D eigenvalue weighted by molar-refractivity contribution is 6.31. The van der Waals surface area contributed by atoms with Gasteiger partial charge in [-0.3, -0.25) is 0 Å². The summed E-state index contributed by atoms with van der Waals surface area (Å²) in [5.41, 5.74) is 1.09. The van der Waals surface area contributed by atoms with E-state index in [1.54, 1.807) is 0 Å². The molecule has 0 radical (unpaired) electrons. The average molecular weight is 237 g/mol. The molecule has 0 aliphatic carbocycles. The largest absolute Gasteiger partial charge is 0.356 e. The number of hydrogen-bond donors (Lipinski definition) is 0. The summed E-state index contributed by atoms with van der Waals surface area (Å²) in [6, 6.07) is 5.83. The fourth-order valence-electron chi connectivity index (χ4n) is 2.17. The van der Waals surface area contributed by atoms with Crippen molar-refractivity contribution in [3.05, 3.63) is 29.4 Å². The minimum absolute atomic E-state index is 0.0902. The summed E-state index contributed by atoms with van der Waals surface area (Å²) in [5.74, 6) is 0. The van der Waals surface area contributed by atoms with Crippen molar-refractivity contribution in [1.82, 2.24) is 9.78 Å². The van der Waals surface area contributed by atoms with E-state index in [1.165, 1.54) is 6.42 Å². The SMILES string of the molecule is Clc1ccc2c(cnn2C2CCCCO2)c1. The molecule has 0 bridgehead atoms. The van der Waals surface area contributed by atoms with E-state index in [0.29, 0.717) is 0 Å². The van der Waals surface area contributed by atoms with E-state index in [1.807, 2.05) is 29.1 Å². The number of rotatable bonds is 1. The van der Waals surface area contributed by atoms with E-state index < -0.39 is 0 Å². The molecule has 2 heterocycles. The van der Waals surface area contributed by atoms with Gasteiger partial charge >= 0.3 is 0 Å². The van der Waals surface area contributed by atoms with Gasteiger partial charge in [0.25, 0.3) is 0 Å². The average Bonchev–Trinajstić information content (AvgIpc) is 2.73. The number of benzene rings is 1. The van der Waals surface area contributed by atoms with Gasteiger partial charge in [-0.15, -0.1) is 0 Å². The van der Waals surface area contributed by atoms with Crippen molar-refractivity contribution in [2.75, 3.05) is 6.61 Å². The molecule has 1 atom stereocenters. The van der Waals surface area contributed by atoms with Gasteiger partial charge in [0.15, 0.2) is 6.23 Å². The van der Waals surface area contributed by atoms with Crippen LogP contribution in [0.3, 0.4) is 0 Å². The highest BCUT2D eigenvalue weighted by atomic mass is 35.5. The second-order valence-corrected chi connectivity index (χ2v) is 4.55. The second kappa shape index (κ2) is 4.07. The second-order valence-electron chi connectivity index (χ2n) is 4.11. The zero-order valence-electron chi connectivity index (χ0n) is 8.90. The highest BCUT2D eigenvalue weighted by Gasteiger charge is 2.18. The Morgan fingerprint density at radius 3 is 3.12 bits per heavy atom. The minimum atomic E-state index is 0.0902. The summed E-state index contributed by atoms with van der Waals surface area (Å²) >= 11 is 5.95. The Labute approximate surface area is 99.0 Å². The third-order valence-electron chi connectivity index (χ3n) is 2.99. The third-order valence-corrected chi connectivity index (χ3v) is 3.22. The van der Waals surface area contributed by atoms with Crippen LogP contribution in [0, 0.1) is 0 Å². The molecule has 1 fully saturated rings. The summed E-state index contributed by atoms with van der Waals surface area (Å²) in [4.78, 5) is 0. The van der Waals surface area contributed by atoms with E-state index >= 15 is 0 Å². The predicted octanol–water partition coefficient (Wildman–Crippen LogP) is 3.39. The van der Waals surface area contributed by atoms with Gasteiger partial charge in [0.2, 0.25) is 0 Å². The van der Waals surface area contributed by atoms with Gasteiger partial charge in [-0.25, -0.2) is 4.68 Å². The standard InChI is InChI=1S/C12H13ClN2O/c13-10-4-5-11-9(7-10)8-14-15(11)12-3-1-2-6-16-12/h4-5,7-8,12H,1-3,6H2. The number of fused-ring (bicyclic) bond motifs is 1. The van der Waals surface area contributed by atoms with Gasteiger partial charge in [0, 0.05) is 17.0 Å². The van der Waals surface area contributed by atoms with Crippen LogP contribution in [0.15, 0.2) is 24.4 Å². The lowest BCUT2D eigenvalue weighted by Crippen LogP contribution is -2.18. The first-order valence-electron chi connectivity index (χ1n) is 5.59. The zero-order valence-corrected chi connectivity index (χ0v) is 9.65. The molecule has 1 aromatic carbocycles. The van der Waals surface area contributed by atoms with Crippen LogP contribution in [0.4, 0.5) is 0 Å². The Bertz CT molecular complexity index is 503. The Morgan fingerprint density at radius 2 is 2.31 bits per heavy atom. The molecule has 0 N–H and O–H groups in total. The molecule has 0 amide bonds. The lowest BCUT2D eigenvalue weighted by Gasteiger charge is -2.23. The van der Waals surface area contributed by atoms with Gasteiger partial charge in [-0.1, -0.05) is 11.6 Å². The quantitative estimate of drug-likeness (QED) is 0.759. The molecule has 1 unspecified atom stereocenters. The lowest BCUT2D eigenvalue weighted by molar-refractivity contribution is -0.0366. The minimum Gasteiger partial charge on any atom is -0.356 e. The van der Waals surface area contributed by atoms with E-state index in [2.05, 4.69) is 5.10 Å². The summed E-state index contributed by atoms with van der Waals surface area (Å²) in [5, 5.41) is 6.21. The van der Waals surface area contributed by atoms with Crippen molar-refractivity contribution in [2.24, 2.45) is 0 Å². The first-order valence-corrected chi connectivity index (χ1v) is 5.97. The first kappa shape index (κ1) is 10.1. The van der Waals surface area contributed by atoms with Crippen molar-refractivity contribution >= 4 is 22.5 Å². The molecule has 0 spiro atoms. The van der Waals surface area contributed by atoms with Crippen molar-refractivity contribution < 1.29 is 4.74 Å². The monoisotopic (exact) mass is 236 g/mol. The van der Waals surface area contributed by atoms with Crippen LogP contribution >= 0.6 is 11.6 Å². The Morgan fingerprint density at radius 1 is 1.38 bits per heavy atom. The van der Waals surface area contributed by atoms with Crippen molar-refractivity contribution in [3.8, 4) is 0 Å². The van der Waals surface area contributed by atoms with Crippen LogP contribution in [0.5, 0.6) is 0 Å². The molecular weight excluding hydrogens is 224 g/mol. The predicted molar refractivity (Wildman–Crippen MR) is 63.6 cm³/mol. The van der Waals surface area contributed by atoms with Crippen LogP contribution in [0.25, 0.3) is 10.9 Å². The smallest absolute Gasteiger partial charge is 0.150 e. The summed E-state index contributed by atoms with van der Waals surface area (Å²) in [6.07, 6.45) is 5.34. The van der Waals surface area contributed by atoms with Gasteiger partial charge in [-0.2, -0.15) is 5.10 Å². The van der Waals surface area contributed by atoms with Crippen molar-refractivity contribution in [1.29, 1.82) is 0 Å². The zero-order chi connectivity index (χ0) is 11.0. The molecule has 1 aliphatic heterocycles. The Balaban J connectivity index is 2.03.